The van der Waals surface area contributed by atoms with Crippen LogP contribution in [0.15, 0.2) is 53.3 Å². The second-order valence-corrected chi connectivity index (χ2v) is 3.70. The molecule has 0 aliphatic rings. The summed E-state index contributed by atoms with van der Waals surface area (Å²) < 4.78 is 5.14. The van der Waals surface area contributed by atoms with Crippen LogP contribution in [0.1, 0.15) is 17.6 Å². The van der Waals surface area contributed by atoms with Gasteiger partial charge in [-0.1, -0.05) is 12.1 Å². The lowest BCUT2D eigenvalue weighted by Crippen LogP contribution is -2.02. The van der Waals surface area contributed by atoms with Crippen LogP contribution in [-0.4, -0.2) is 15.1 Å². The van der Waals surface area contributed by atoms with E-state index in [0.717, 1.165) is 11.0 Å². The summed E-state index contributed by atoms with van der Waals surface area (Å²) in [5.74, 6) is 0.467. The van der Waals surface area contributed by atoms with Gasteiger partial charge in [0.1, 0.15) is 5.76 Å². The van der Waals surface area contributed by atoms with Gasteiger partial charge in [-0.25, -0.2) is 4.98 Å². The Morgan fingerprint density at radius 2 is 1.88 bits per heavy atom. The third kappa shape index (κ3) is 1.79. The molecule has 17 heavy (non-hydrogen) atoms. The molecule has 3 rings (SSSR count). The molecule has 0 amide bonds. The number of hydrogen-bond acceptors (Lipinski definition) is 4. The summed E-state index contributed by atoms with van der Waals surface area (Å²) >= 11 is 0. The zero-order chi connectivity index (χ0) is 11.7. The Hall–Kier alpha value is -2.20. The van der Waals surface area contributed by atoms with Crippen molar-refractivity contribution in [2.24, 2.45) is 0 Å². The molecule has 1 aromatic carbocycles. The van der Waals surface area contributed by atoms with Crippen molar-refractivity contribution in [2.75, 3.05) is 0 Å². The quantitative estimate of drug-likeness (QED) is 0.728. The van der Waals surface area contributed by atoms with Gasteiger partial charge in [0.15, 0.2) is 6.10 Å². The normalized spacial score (nSPS) is 12.8. The van der Waals surface area contributed by atoms with Crippen LogP contribution in [0.4, 0.5) is 0 Å². The summed E-state index contributed by atoms with van der Waals surface area (Å²) in [4.78, 5) is 8.61. The summed E-state index contributed by atoms with van der Waals surface area (Å²) in [6, 6.07) is 11.0. The second kappa shape index (κ2) is 3.99. The van der Waals surface area contributed by atoms with Crippen LogP contribution in [0.25, 0.3) is 11.0 Å². The second-order valence-electron chi connectivity index (χ2n) is 3.70. The van der Waals surface area contributed by atoms with Crippen molar-refractivity contribution >= 4 is 11.0 Å². The van der Waals surface area contributed by atoms with Gasteiger partial charge in [0.05, 0.1) is 29.2 Å². The van der Waals surface area contributed by atoms with E-state index in [0.29, 0.717) is 11.5 Å². The van der Waals surface area contributed by atoms with Gasteiger partial charge in [0.25, 0.3) is 0 Å². The highest BCUT2D eigenvalue weighted by molar-refractivity contribution is 5.73. The molecule has 0 radical (unpaired) electrons. The molecule has 4 nitrogen and oxygen atoms in total. The molecule has 2 aromatic heterocycles. The first kappa shape index (κ1) is 9.99. The maximum atomic E-state index is 10.0. The van der Waals surface area contributed by atoms with E-state index >= 15 is 0 Å². The van der Waals surface area contributed by atoms with Crippen molar-refractivity contribution in [3.63, 3.8) is 0 Å². The van der Waals surface area contributed by atoms with E-state index < -0.39 is 6.10 Å². The SMILES string of the molecule is OC(c1cnc2ccccc2n1)c1ccco1. The highest BCUT2D eigenvalue weighted by atomic mass is 16.4. The first-order valence-electron chi connectivity index (χ1n) is 5.28. The lowest BCUT2D eigenvalue weighted by molar-refractivity contribution is 0.185. The summed E-state index contributed by atoms with van der Waals surface area (Å²) in [6.07, 6.45) is 2.21. The standard InChI is InChI=1S/C13H10N2O2/c16-13(12-6-3-7-17-12)11-8-14-9-4-1-2-5-10(9)15-11/h1-8,13,16H. The fraction of sp³-hybridized carbons (Fsp3) is 0.0769. The third-order valence-corrected chi connectivity index (χ3v) is 2.56. The monoisotopic (exact) mass is 226 g/mol. The molecule has 1 unspecified atom stereocenters. The molecule has 2 heterocycles. The van der Waals surface area contributed by atoms with Gasteiger partial charge in [0, 0.05) is 0 Å². The molecule has 1 atom stereocenters. The Balaban J connectivity index is 2.06. The van der Waals surface area contributed by atoms with Crippen LogP contribution in [0.5, 0.6) is 0 Å². The van der Waals surface area contributed by atoms with Gasteiger partial charge in [-0.05, 0) is 24.3 Å². The molecule has 4 heteroatoms. The van der Waals surface area contributed by atoms with Crippen molar-refractivity contribution in [1.82, 2.24) is 9.97 Å². The number of fused-ring (bicyclic) bond motifs is 1. The number of rotatable bonds is 2. The average molecular weight is 226 g/mol. The molecular weight excluding hydrogens is 216 g/mol. The van der Waals surface area contributed by atoms with Gasteiger partial charge >= 0.3 is 0 Å². The van der Waals surface area contributed by atoms with Crippen LogP contribution in [-0.2, 0) is 0 Å². The summed E-state index contributed by atoms with van der Waals surface area (Å²) in [5.41, 5.74) is 2.05. The lowest BCUT2D eigenvalue weighted by atomic mass is 10.2. The Kier molecular flexibility index (Phi) is 2.34. The summed E-state index contributed by atoms with van der Waals surface area (Å²) in [6.45, 7) is 0. The van der Waals surface area contributed by atoms with Crippen LogP contribution in [0.2, 0.25) is 0 Å². The Labute approximate surface area is 97.6 Å². The zero-order valence-electron chi connectivity index (χ0n) is 8.95. The molecule has 84 valence electrons. The van der Waals surface area contributed by atoms with Gasteiger partial charge in [-0.3, -0.25) is 4.98 Å². The molecule has 0 aliphatic carbocycles. The molecule has 3 aromatic rings. The number of nitrogens with zero attached hydrogens (tertiary/aromatic N) is 2. The van der Waals surface area contributed by atoms with Gasteiger partial charge in [-0.2, -0.15) is 0 Å². The van der Waals surface area contributed by atoms with Crippen molar-refractivity contribution < 1.29 is 9.52 Å². The number of para-hydroxylation sites is 2. The highest BCUT2D eigenvalue weighted by Crippen LogP contribution is 2.21. The Bertz CT molecular complexity index is 635. The van der Waals surface area contributed by atoms with E-state index in [1.807, 2.05) is 24.3 Å². The van der Waals surface area contributed by atoms with E-state index in [1.54, 1.807) is 18.3 Å². The predicted molar refractivity (Wildman–Crippen MR) is 62.3 cm³/mol. The smallest absolute Gasteiger partial charge is 0.155 e. The first-order valence-corrected chi connectivity index (χ1v) is 5.28. The maximum absolute atomic E-state index is 10.0. The number of benzene rings is 1. The molecule has 0 bridgehead atoms. The predicted octanol–water partition coefficient (Wildman–Crippen LogP) is 2.30. The molecule has 1 N–H and O–H groups in total. The van der Waals surface area contributed by atoms with Crippen LogP contribution in [0.3, 0.4) is 0 Å². The van der Waals surface area contributed by atoms with Crippen LogP contribution in [0, 0.1) is 0 Å². The lowest BCUT2D eigenvalue weighted by Gasteiger charge is -2.07. The van der Waals surface area contributed by atoms with Gasteiger partial charge < -0.3 is 9.52 Å². The number of aliphatic hydroxyl groups is 1. The van der Waals surface area contributed by atoms with Gasteiger partial charge in [-0.15, -0.1) is 0 Å². The molecule has 0 aliphatic heterocycles. The van der Waals surface area contributed by atoms with E-state index in [2.05, 4.69) is 9.97 Å². The van der Waals surface area contributed by atoms with Crippen molar-refractivity contribution in [1.29, 1.82) is 0 Å². The molecule has 0 fully saturated rings. The first-order chi connectivity index (χ1) is 8.34. The Morgan fingerprint density at radius 3 is 2.65 bits per heavy atom. The van der Waals surface area contributed by atoms with Crippen molar-refractivity contribution in [3.05, 3.63) is 60.3 Å². The minimum atomic E-state index is -0.873. The van der Waals surface area contributed by atoms with Crippen molar-refractivity contribution in [2.45, 2.75) is 6.10 Å². The van der Waals surface area contributed by atoms with E-state index in [-0.39, 0.29) is 0 Å². The zero-order valence-corrected chi connectivity index (χ0v) is 8.95. The van der Waals surface area contributed by atoms with Crippen LogP contribution >= 0.6 is 0 Å². The maximum Gasteiger partial charge on any atom is 0.155 e. The van der Waals surface area contributed by atoms with Crippen LogP contribution < -0.4 is 0 Å². The molecular formula is C13H10N2O2. The fourth-order valence-corrected chi connectivity index (χ4v) is 1.70. The average Bonchev–Trinajstić information content (AvgIpc) is 2.91. The van der Waals surface area contributed by atoms with E-state index in [9.17, 15) is 5.11 Å². The highest BCUT2D eigenvalue weighted by Gasteiger charge is 2.15. The van der Waals surface area contributed by atoms with E-state index in [1.165, 1.54) is 6.26 Å². The summed E-state index contributed by atoms with van der Waals surface area (Å²) in [5, 5.41) is 10.0. The Morgan fingerprint density at radius 1 is 1.06 bits per heavy atom. The third-order valence-electron chi connectivity index (χ3n) is 2.56. The number of hydrogen-bond donors (Lipinski definition) is 1. The molecule has 0 saturated heterocycles. The summed E-state index contributed by atoms with van der Waals surface area (Å²) in [7, 11) is 0. The largest absolute Gasteiger partial charge is 0.466 e. The topological polar surface area (TPSA) is 59.2 Å². The van der Waals surface area contributed by atoms with E-state index in [4.69, 9.17) is 4.42 Å². The molecule has 0 spiro atoms. The van der Waals surface area contributed by atoms with Crippen molar-refractivity contribution in [3.8, 4) is 0 Å². The number of aromatic nitrogens is 2. The number of aliphatic hydroxyl groups excluding tert-OH is 1. The molecule has 0 saturated carbocycles. The minimum Gasteiger partial charge on any atom is -0.466 e. The minimum absolute atomic E-state index is 0.467. The fourth-order valence-electron chi connectivity index (χ4n) is 1.70. The number of furan rings is 1. The van der Waals surface area contributed by atoms with Gasteiger partial charge in [0.2, 0.25) is 0 Å².